The average molecular weight is 482 g/mol. The van der Waals surface area contributed by atoms with E-state index < -0.39 is 0 Å². The lowest BCUT2D eigenvalue weighted by Gasteiger charge is -2.12. The average Bonchev–Trinajstić information content (AvgIpc) is 3.25. The van der Waals surface area contributed by atoms with E-state index in [-0.39, 0.29) is 5.91 Å². The van der Waals surface area contributed by atoms with Gasteiger partial charge in [0.05, 0.1) is 17.6 Å². The highest BCUT2D eigenvalue weighted by Gasteiger charge is 2.10. The van der Waals surface area contributed by atoms with Crippen LogP contribution in [-0.4, -0.2) is 28.6 Å². The summed E-state index contributed by atoms with van der Waals surface area (Å²) in [6.07, 6.45) is 7.34. The van der Waals surface area contributed by atoms with Gasteiger partial charge in [0.15, 0.2) is 0 Å². The minimum atomic E-state index is -0.0515. The number of carbonyl (C=O) groups excluding carboxylic acids is 1. The number of unbranched alkanes of at least 4 members (excludes halogenated alkanes) is 2. The van der Waals surface area contributed by atoms with Crippen molar-refractivity contribution in [3.8, 4) is 5.75 Å². The summed E-state index contributed by atoms with van der Waals surface area (Å²) in [6, 6.07) is 24.4. The number of benzene rings is 3. The first kappa shape index (κ1) is 25.2. The molecule has 4 rings (SSSR count). The zero-order valence-electron chi connectivity index (χ0n) is 21.2. The Balaban J connectivity index is 1.24. The Labute approximate surface area is 213 Å². The lowest BCUT2D eigenvalue weighted by atomic mass is 10.1. The number of nitrogens with one attached hydrogen (secondary N) is 1. The summed E-state index contributed by atoms with van der Waals surface area (Å²) in [5, 5.41) is 2.97. The molecule has 0 saturated carbocycles. The maximum Gasteiger partial charge on any atom is 0.243 e. The lowest BCUT2D eigenvalue weighted by molar-refractivity contribution is -0.116. The van der Waals surface area contributed by atoms with Crippen molar-refractivity contribution >= 4 is 23.0 Å². The largest absolute Gasteiger partial charge is 0.492 e. The van der Waals surface area contributed by atoms with Crippen LogP contribution < -0.4 is 10.1 Å². The predicted octanol–water partition coefficient (Wildman–Crippen LogP) is 6.27. The number of imidazole rings is 1. The molecule has 3 aromatic carbocycles. The number of aromatic nitrogens is 2. The number of carbonyl (C=O) groups is 1. The summed E-state index contributed by atoms with van der Waals surface area (Å²) in [5.41, 5.74) is 5.71. The summed E-state index contributed by atoms with van der Waals surface area (Å²) in [7, 11) is 0. The zero-order chi connectivity index (χ0) is 25.2. The van der Waals surface area contributed by atoms with Crippen molar-refractivity contribution in [3.63, 3.8) is 0 Å². The second-order valence-corrected chi connectivity index (χ2v) is 9.11. The van der Waals surface area contributed by atoms with Crippen LogP contribution in [0.2, 0.25) is 0 Å². The van der Waals surface area contributed by atoms with Gasteiger partial charge >= 0.3 is 0 Å². The first-order chi connectivity index (χ1) is 17.6. The zero-order valence-corrected chi connectivity index (χ0v) is 21.2. The maximum absolute atomic E-state index is 12.0. The SMILES string of the molecule is Cc1ccc(OCCn2c(CCCCCNC(=O)/C=C/c3ccccc3)nc3ccccc32)cc1C. The van der Waals surface area contributed by atoms with E-state index in [1.54, 1.807) is 6.08 Å². The third-order valence-electron chi connectivity index (χ3n) is 6.40. The third kappa shape index (κ3) is 7.08. The second-order valence-electron chi connectivity index (χ2n) is 9.11. The van der Waals surface area contributed by atoms with Crippen LogP contribution in [0.5, 0.6) is 5.75 Å². The number of amides is 1. The maximum atomic E-state index is 12.0. The molecule has 0 fully saturated rings. The molecule has 1 N–H and O–H groups in total. The fraction of sp³-hybridized carbons (Fsp3) is 0.290. The molecule has 0 bridgehead atoms. The van der Waals surface area contributed by atoms with Crippen LogP contribution in [0.15, 0.2) is 78.9 Å². The van der Waals surface area contributed by atoms with E-state index in [0.29, 0.717) is 13.2 Å². The van der Waals surface area contributed by atoms with Gasteiger partial charge in [-0.3, -0.25) is 4.79 Å². The number of fused-ring (bicyclic) bond motifs is 1. The quantitative estimate of drug-likeness (QED) is 0.192. The van der Waals surface area contributed by atoms with Crippen LogP contribution in [0.25, 0.3) is 17.1 Å². The van der Waals surface area contributed by atoms with Gasteiger partial charge in [0.2, 0.25) is 5.91 Å². The van der Waals surface area contributed by atoms with Gasteiger partial charge in [-0.2, -0.15) is 0 Å². The molecule has 1 aromatic heterocycles. The van der Waals surface area contributed by atoms with Crippen LogP contribution in [-0.2, 0) is 17.8 Å². The molecule has 5 nitrogen and oxygen atoms in total. The van der Waals surface area contributed by atoms with Gasteiger partial charge in [0.25, 0.3) is 0 Å². The van der Waals surface area contributed by atoms with Crippen molar-refractivity contribution < 1.29 is 9.53 Å². The van der Waals surface area contributed by atoms with Crippen molar-refractivity contribution in [2.45, 2.75) is 46.1 Å². The molecule has 0 radical (unpaired) electrons. The van der Waals surface area contributed by atoms with E-state index in [1.165, 1.54) is 11.1 Å². The number of nitrogens with zero attached hydrogens (tertiary/aromatic N) is 2. The van der Waals surface area contributed by atoms with E-state index in [9.17, 15) is 4.79 Å². The normalized spacial score (nSPS) is 11.3. The van der Waals surface area contributed by atoms with Gasteiger partial charge in [-0.25, -0.2) is 4.98 Å². The molecule has 36 heavy (non-hydrogen) atoms. The van der Waals surface area contributed by atoms with Crippen LogP contribution in [0.4, 0.5) is 0 Å². The highest BCUT2D eigenvalue weighted by molar-refractivity contribution is 5.91. The van der Waals surface area contributed by atoms with Crippen molar-refractivity contribution in [2.24, 2.45) is 0 Å². The molecule has 186 valence electrons. The number of aryl methyl sites for hydroxylation is 3. The van der Waals surface area contributed by atoms with E-state index in [4.69, 9.17) is 9.72 Å². The van der Waals surface area contributed by atoms with E-state index in [2.05, 4.69) is 54.1 Å². The van der Waals surface area contributed by atoms with Gasteiger partial charge in [-0.05, 0) is 73.7 Å². The molecule has 0 saturated heterocycles. The summed E-state index contributed by atoms with van der Waals surface area (Å²) in [4.78, 5) is 16.9. The molecule has 1 heterocycles. The molecular weight excluding hydrogens is 446 g/mol. The molecule has 0 aliphatic carbocycles. The summed E-state index contributed by atoms with van der Waals surface area (Å²) < 4.78 is 8.34. The van der Waals surface area contributed by atoms with E-state index in [1.807, 2.05) is 48.5 Å². The molecular formula is C31H35N3O2. The minimum absolute atomic E-state index is 0.0515. The van der Waals surface area contributed by atoms with E-state index in [0.717, 1.165) is 60.4 Å². The van der Waals surface area contributed by atoms with Gasteiger partial charge in [-0.15, -0.1) is 0 Å². The lowest BCUT2D eigenvalue weighted by Crippen LogP contribution is -2.22. The minimum Gasteiger partial charge on any atom is -0.492 e. The Bertz CT molecular complexity index is 1310. The number of rotatable bonds is 12. The number of hydrogen-bond acceptors (Lipinski definition) is 3. The summed E-state index contributed by atoms with van der Waals surface area (Å²) >= 11 is 0. The first-order valence-corrected chi connectivity index (χ1v) is 12.8. The molecule has 1 amide bonds. The number of hydrogen-bond donors (Lipinski definition) is 1. The van der Waals surface area contributed by atoms with Crippen molar-refractivity contribution in [3.05, 3.63) is 101 Å². The third-order valence-corrected chi connectivity index (χ3v) is 6.40. The topological polar surface area (TPSA) is 56.1 Å². The van der Waals surface area contributed by atoms with Gasteiger partial charge in [0.1, 0.15) is 18.2 Å². The molecule has 0 atom stereocenters. The van der Waals surface area contributed by atoms with E-state index >= 15 is 0 Å². The van der Waals surface area contributed by atoms with Crippen LogP contribution >= 0.6 is 0 Å². The highest BCUT2D eigenvalue weighted by atomic mass is 16.5. The fourth-order valence-corrected chi connectivity index (χ4v) is 4.22. The van der Waals surface area contributed by atoms with Crippen LogP contribution in [0.1, 0.15) is 41.8 Å². The monoisotopic (exact) mass is 481 g/mol. The standard InChI is InChI=1S/C31H35N3O2/c1-24-16-18-27(23-25(24)2)36-22-21-34-29-14-9-8-13-28(29)33-30(34)15-7-4-10-20-32-31(35)19-17-26-11-5-3-6-12-26/h3,5-6,8-9,11-14,16-19,23H,4,7,10,15,20-22H2,1-2H3,(H,32,35)/b19-17+. The first-order valence-electron chi connectivity index (χ1n) is 12.8. The number of ether oxygens (including phenoxy) is 1. The Morgan fingerprint density at radius 2 is 1.75 bits per heavy atom. The second kappa shape index (κ2) is 12.7. The Kier molecular flexibility index (Phi) is 8.92. The van der Waals surface area contributed by atoms with Crippen molar-refractivity contribution in [1.29, 1.82) is 0 Å². The Hall–Kier alpha value is -3.86. The van der Waals surface area contributed by atoms with Gasteiger partial charge in [0, 0.05) is 19.0 Å². The highest BCUT2D eigenvalue weighted by Crippen LogP contribution is 2.19. The Morgan fingerprint density at radius 1 is 0.944 bits per heavy atom. The number of para-hydroxylation sites is 2. The van der Waals surface area contributed by atoms with Gasteiger partial charge in [-0.1, -0.05) is 55.0 Å². The van der Waals surface area contributed by atoms with Crippen LogP contribution in [0.3, 0.4) is 0 Å². The molecule has 5 heteroatoms. The van der Waals surface area contributed by atoms with Gasteiger partial charge < -0.3 is 14.6 Å². The van der Waals surface area contributed by atoms with Crippen LogP contribution in [0, 0.1) is 13.8 Å². The molecule has 0 unspecified atom stereocenters. The summed E-state index contributed by atoms with van der Waals surface area (Å²) in [5.74, 6) is 1.95. The smallest absolute Gasteiger partial charge is 0.243 e. The fourth-order valence-electron chi connectivity index (χ4n) is 4.22. The molecule has 0 aliphatic rings. The van der Waals surface area contributed by atoms with Crippen molar-refractivity contribution in [1.82, 2.24) is 14.9 Å². The molecule has 0 spiro atoms. The van der Waals surface area contributed by atoms with Crippen molar-refractivity contribution in [2.75, 3.05) is 13.2 Å². The Morgan fingerprint density at radius 3 is 2.58 bits per heavy atom. The predicted molar refractivity (Wildman–Crippen MR) is 147 cm³/mol. The molecule has 4 aromatic rings. The summed E-state index contributed by atoms with van der Waals surface area (Å²) in [6.45, 7) is 6.25. The molecule has 0 aliphatic heterocycles.